The van der Waals surface area contributed by atoms with Crippen molar-refractivity contribution in [3.8, 4) is 11.5 Å². The fourth-order valence-electron chi connectivity index (χ4n) is 1.85. The smallest absolute Gasteiger partial charge is 0.313 e. The monoisotopic (exact) mass is 316 g/mol. The van der Waals surface area contributed by atoms with Crippen molar-refractivity contribution >= 4 is 21.9 Å². The lowest BCUT2D eigenvalue weighted by Crippen LogP contribution is -2.14. The average molecular weight is 317 g/mol. The Morgan fingerprint density at radius 1 is 1.28 bits per heavy atom. The van der Waals surface area contributed by atoms with Gasteiger partial charge in [0.2, 0.25) is 0 Å². The summed E-state index contributed by atoms with van der Waals surface area (Å²) >= 11 is 3.42. The largest absolute Gasteiger partial charge is 0.495 e. The summed E-state index contributed by atoms with van der Waals surface area (Å²) in [5.74, 6) is 0.655. The van der Waals surface area contributed by atoms with Crippen molar-refractivity contribution in [3.63, 3.8) is 0 Å². The highest BCUT2D eigenvalue weighted by atomic mass is 79.9. The van der Waals surface area contributed by atoms with Gasteiger partial charge in [-0.1, -0.05) is 13.0 Å². The summed E-state index contributed by atoms with van der Waals surface area (Å²) in [5.41, 5.74) is 0.791. The van der Waals surface area contributed by atoms with Crippen molar-refractivity contribution in [2.24, 2.45) is 0 Å². The number of esters is 1. The molecule has 0 fully saturated rings. The van der Waals surface area contributed by atoms with Gasteiger partial charge in [-0.3, -0.25) is 4.79 Å². The molecule has 0 heterocycles. The number of ether oxygens (including phenoxy) is 3. The Hall–Kier alpha value is -1.23. The van der Waals surface area contributed by atoms with Gasteiger partial charge in [-0.2, -0.15) is 0 Å². The molecule has 1 unspecified atom stereocenters. The van der Waals surface area contributed by atoms with Crippen LogP contribution < -0.4 is 9.47 Å². The van der Waals surface area contributed by atoms with E-state index < -0.39 is 0 Å². The third-order valence-electron chi connectivity index (χ3n) is 2.79. The van der Waals surface area contributed by atoms with Crippen LogP contribution in [-0.4, -0.2) is 27.3 Å². The molecule has 1 aromatic carbocycles. The Labute approximate surface area is 115 Å². The highest BCUT2D eigenvalue weighted by molar-refractivity contribution is 9.10. The minimum atomic E-state index is -0.341. The molecule has 0 aromatic heterocycles. The fourth-order valence-corrected chi connectivity index (χ4v) is 2.53. The first-order valence-corrected chi connectivity index (χ1v) is 6.38. The van der Waals surface area contributed by atoms with Crippen LogP contribution in [0.4, 0.5) is 0 Å². The van der Waals surface area contributed by atoms with Crippen LogP contribution in [0.3, 0.4) is 0 Å². The predicted molar refractivity (Wildman–Crippen MR) is 72.3 cm³/mol. The molecule has 0 aliphatic rings. The highest BCUT2D eigenvalue weighted by Crippen LogP contribution is 2.41. The van der Waals surface area contributed by atoms with Crippen LogP contribution in [0, 0.1) is 0 Å². The lowest BCUT2D eigenvalue weighted by Gasteiger charge is -2.18. The minimum absolute atomic E-state index is 0.270. The molecule has 0 bridgehead atoms. The molecule has 0 spiro atoms. The van der Waals surface area contributed by atoms with E-state index in [0.29, 0.717) is 22.4 Å². The maximum atomic E-state index is 11.8. The van der Waals surface area contributed by atoms with Crippen LogP contribution in [0.1, 0.15) is 24.8 Å². The number of carbonyl (C=O) groups excluding carboxylic acids is 1. The van der Waals surface area contributed by atoms with E-state index >= 15 is 0 Å². The summed E-state index contributed by atoms with van der Waals surface area (Å²) in [5, 5.41) is 0. The van der Waals surface area contributed by atoms with E-state index in [0.717, 1.165) is 5.56 Å². The molecule has 0 saturated heterocycles. The van der Waals surface area contributed by atoms with E-state index in [1.807, 2.05) is 13.0 Å². The molecule has 0 saturated carbocycles. The summed E-state index contributed by atoms with van der Waals surface area (Å²) in [4.78, 5) is 11.8. The predicted octanol–water partition coefficient (Wildman–Crippen LogP) is 3.13. The van der Waals surface area contributed by atoms with E-state index in [-0.39, 0.29) is 11.9 Å². The second-order valence-electron chi connectivity index (χ2n) is 3.69. The van der Waals surface area contributed by atoms with Gasteiger partial charge in [0, 0.05) is 5.56 Å². The summed E-state index contributed by atoms with van der Waals surface area (Å²) in [7, 11) is 4.53. The van der Waals surface area contributed by atoms with Crippen molar-refractivity contribution in [2.75, 3.05) is 21.3 Å². The van der Waals surface area contributed by atoms with Gasteiger partial charge in [-0.15, -0.1) is 0 Å². The summed E-state index contributed by atoms with van der Waals surface area (Å²) < 4.78 is 16.1. The Balaban J connectivity index is 3.31. The Kier molecular flexibility index (Phi) is 5.47. The molecule has 5 heteroatoms. The van der Waals surface area contributed by atoms with Crippen molar-refractivity contribution in [1.29, 1.82) is 0 Å². The zero-order valence-corrected chi connectivity index (χ0v) is 12.5. The van der Waals surface area contributed by atoms with Crippen LogP contribution in [0.25, 0.3) is 0 Å². The molecule has 0 aliphatic carbocycles. The zero-order valence-electron chi connectivity index (χ0n) is 11.0. The quantitative estimate of drug-likeness (QED) is 0.783. The van der Waals surface area contributed by atoms with E-state index in [9.17, 15) is 4.79 Å². The summed E-state index contributed by atoms with van der Waals surface area (Å²) in [6.45, 7) is 1.93. The van der Waals surface area contributed by atoms with E-state index in [1.54, 1.807) is 20.3 Å². The fraction of sp³-hybridized carbons (Fsp3) is 0.462. The van der Waals surface area contributed by atoms with Crippen LogP contribution in [0.2, 0.25) is 0 Å². The van der Waals surface area contributed by atoms with Crippen LogP contribution in [0.15, 0.2) is 16.6 Å². The number of hydrogen-bond donors (Lipinski definition) is 0. The molecule has 0 amide bonds. The summed E-state index contributed by atoms with van der Waals surface area (Å²) in [6, 6.07) is 3.63. The van der Waals surface area contributed by atoms with Gasteiger partial charge in [-0.05, 0) is 28.4 Å². The van der Waals surface area contributed by atoms with Crippen molar-refractivity contribution in [1.82, 2.24) is 0 Å². The van der Waals surface area contributed by atoms with Crippen LogP contribution >= 0.6 is 15.9 Å². The Morgan fingerprint density at radius 2 is 1.94 bits per heavy atom. The first-order chi connectivity index (χ1) is 8.60. The Bertz CT molecular complexity index is 431. The van der Waals surface area contributed by atoms with Crippen molar-refractivity contribution < 1.29 is 19.0 Å². The second kappa shape index (κ2) is 6.64. The second-order valence-corrected chi connectivity index (χ2v) is 4.48. The molecule has 1 aromatic rings. The molecule has 18 heavy (non-hydrogen) atoms. The van der Waals surface area contributed by atoms with Crippen molar-refractivity contribution in [3.05, 3.63) is 22.2 Å². The van der Waals surface area contributed by atoms with Gasteiger partial charge < -0.3 is 14.2 Å². The molecule has 1 atom stereocenters. The molecule has 0 N–H and O–H groups in total. The normalized spacial score (nSPS) is 11.8. The van der Waals surface area contributed by atoms with E-state index in [4.69, 9.17) is 14.2 Å². The lowest BCUT2D eigenvalue weighted by molar-refractivity contribution is -0.142. The molecule has 100 valence electrons. The molecule has 0 aliphatic heterocycles. The maximum absolute atomic E-state index is 11.8. The summed E-state index contributed by atoms with van der Waals surface area (Å²) in [6.07, 6.45) is 0.641. The third-order valence-corrected chi connectivity index (χ3v) is 3.54. The van der Waals surface area contributed by atoms with E-state index in [2.05, 4.69) is 15.9 Å². The zero-order chi connectivity index (χ0) is 13.7. The number of benzene rings is 1. The van der Waals surface area contributed by atoms with Gasteiger partial charge in [-0.25, -0.2) is 0 Å². The molecule has 4 nitrogen and oxygen atoms in total. The van der Waals surface area contributed by atoms with Crippen LogP contribution in [0.5, 0.6) is 11.5 Å². The highest BCUT2D eigenvalue weighted by Gasteiger charge is 2.25. The number of methoxy groups -OCH3 is 3. The molecule has 0 radical (unpaired) electrons. The van der Waals surface area contributed by atoms with Gasteiger partial charge in [0.25, 0.3) is 0 Å². The molecule has 1 rings (SSSR count). The topological polar surface area (TPSA) is 44.8 Å². The SMILES string of the molecule is CCC(C(=O)OC)c1ccc(OC)c(Br)c1OC. The van der Waals surface area contributed by atoms with E-state index in [1.165, 1.54) is 7.11 Å². The molecular weight excluding hydrogens is 300 g/mol. The number of carbonyl (C=O) groups is 1. The standard InChI is InChI=1S/C13H17BrO4/c1-5-8(13(15)18-4)9-6-7-10(16-2)11(14)12(9)17-3/h6-8H,5H2,1-4H3. The third kappa shape index (κ3) is 2.77. The lowest BCUT2D eigenvalue weighted by atomic mass is 9.95. The maximum Gasteiger partial charge on any atom is 0.313 e. The first kappa shape index (κ1) is 14.8. The Morgan fingerprint density at radius 3 is 2.39 bits per heavy atom. The van der Waals surface area contributed by atoms with Gasteiger partial charge >= 0.3 is 5.97 Å². The number of hydrogen-bond acceptors (Lipinski definition) is 4. The average Bonchev–Trinajstić information content (AvgIpc) is 2.39. The minimum Gasteiger partial charge on any atom is -0.495 e. The van der Waals surface area contributed by atoms with Gasteiger partial charge in [0.1, 0.15) is 16.0 Å². The van der Waals surface area contributed by atoms with Crippen molar-refractivity contribution in [2.45, 2.75) is 19.3 Å². The molecular formula is C13H17BrO4. The first-order valence-electron chi connectivity index (χ1n) is 5.58. The van der Waals surface area contributed by atoms with Gasteiger partial charge in [0.15, 0.2) is 0 Å². The van der Waals surface area contributed by atoms with Crippen LogP contribution in [-0.2, 0) is 9.53 Å². The van der Waals surface area contributed by atoms with Gasteiger partial charge in [0.05, 0.1) is 27.2 Å². The number of rotatable bonds is 5. The number of halogens is 1.